The average molecular weight is 987 g/mol. The lowest BCUT2D eigenvalue weighted by Gasteiger charge is -2.32. The van der Waals surface area contributed by atoms with Crippen molar-refractivity contribution in [1.82, 2.24) is 0 Å². The molecule has 1 aliphatic carbocycles. The van der Waals surface area contributed by atoms with Crippen LogP contribution in [0.1, 0.15) is 101 Å². The molecule has 0 bridgehead atoms. The molecule has 0 spiro atoms. The van der Waals surface area contributed by atoms with Crippen LogP contribution in [-0.4, -0.2) is 122 Å². The molecule has 0 atom stereocenters. The van der Waals surface area contributed by atoms with Crippen molar-refractivity contribution in [1.29, 1.82) is 0 Å². The molecule has 0 N–H and O–H groups in total. The third-order valence-electron chi connectivity index (χ3n) is 11.5. The zero-order chi connectivity index (χ0) is 51.8. The van der Waals surface area contributed by atoms with Gasteiger partial charge in [0, 0.05) is 11.1 Å². The molecule has 0 radical (unpaired) electrons. The van der Waals surface area contributed by atoms with Gasteiger partial charge in [-0.3, -0.25) is 0 Å². The van der Waals surface area contributed by atoms with E-state index in [-0.39, 0.29) is 61.7 Å². The molecule has 384 valence electrons. The van der Waals surface area contributed by atoms with Gasteiger partial charge in [0.05, 0.1) is 41.7 Å². The van der Waals surface area contributed by atoms with Gasteiger partial charge in [-0.15, -0.1) is 0 Å². The molecule has 0 heterocycles. The number of rotatable bonds is 24. The lowest BCUT2D eigenvalue weighted by molar-refractivity contribution is -0.177. The zero-order valence-electron chi connectivity index (χ0n) is 40.6. The second-order valence-corrected chi connectivity index (χ2v) is 16.8. The Balaban J connectivity index is 2.19. The Morgan fingerprint density at radius 3 is 1.47 bits per heavy atom. The number of esters is 9. The summed E-state index contributed by atoms with van der Waals surface area (Å²) < 4.78 is 66.8. The molecule has 20 heteroatoms. The largest absolute Gasteiger partial charge is 0.492 e. The number of benzene rings is 2. The quantitative estimate of drug-likeness (QED) is 0.0411. The van der Waals surface area contributed by atoms with Crippen molar-refractivity contribution in [3.63, 3.8) is 0 Å². The van der Waals surface area contributed by atoms with Gasteiger partial charge in [-0.25, -0.2) is 47.5 Å². The Hall–Kier alpha value is -6.86. The highest BCUT2D eigenvalue weighted by Gasteiger charge is 2.40. The van der Waals surface area contributed by atoms with Gasteiger partial charge in [0.2, 0.25) is 0 Å². The van der Waals surface area contributed by atoms with E-state index in [4.69, 9.17) is 28.4 Å². The Morgan fingerprint density at radius 1 is 0.586 bits per heavy atom. The monoisotopic (exact) mass is 986 g/mol. The molecule has 1 fully saturated rings. The van der Waals surface area contributed by atoms with E-state index in [1.807, 2.05) is 6.07 Å². The van der Waals surface area contributed by atoms with E-state index >= 15 is 4.39 Å². The van der Waals surface area contributed by atoms with Crippen molar-refractivity contribution in [2.45, 2.75) is 96.8 Å². The number of carbonyl (C=O) groups is 9. The minimum Gasteiger partial charge on any atom is -0.492 e. The SMILES string of the molecule is C=C(C)C(=O)OCC(COC(=O)C(=O)OC)(COC(=O)C(=O)OC)COc1c(CCCOC(=O)C(=O)OC)cc(-c2ccc(C3CCC(CCCCC)CC3)cc2F)cc1CCCOC(=O)C(=O)OC. The summed E-state index contributed by atoms with van der Waals surface area (Å²) >= 11 is 0. The number of aryl methyl sites for hydroxylation is 2. The van der Waals surface area contributed by atoms with Gasteiger partial charge in [0.25, 0.3) is 0 Å². The first kappa shape index (κ1) is 57.5. The molecule has 1 aliphatic rings. The van der Waals surface area contributed by atoms with Gasteiger partial charge in [-0.2, -0.15) is 0 Å². The molecule has 0 amide bonds. The fourth-order valence-electron chi connectivity index (χ4n) is 7.63. The highest BCUT2D eigenvalue weighted by atomic mass is 19.1. The van der Waals surface area contributed by atoms with Crippen LogP contribution in [0.4, 0.5) is 4.39 Å². The second kappa shape index (κ2) is 29.2. The van der Waals surface area contributed by atoms with Crippen molar-refractivity contribution < 1.29 is 94.9 Å². The number of halogens is 1. The van der Waals surface area contributed by atoms with Crippen molar-refractivity contribution in [3.05, 3.63) is 65.0 Å². The maximum atomic E-state index is 16.5. The van der Waals surface area contributed by atoms with E-state index in [2.05, 4.69) is 32.5 Å². The fraction of sp³-hybridized carbons (Fsp3) is 0.540. The molecule has 19 nitrogen and oxygen atoms in total. The highest BCUT2D eigenvalue weighted by Crippen LogP contribution is 2.40. The lowest BCUT2D eigenvalue weighted by atomic mass is 9.77. The summed E-state index contributed by atoms with van der Waals surface area (Å²) in [6.07, 6.45) is 8.91. The minimum absolute atomic E-state index is 0.0233. The maximum Gasteiger partial charge on any atom is 0.417 e. The molecule has 1 saturated carbocycles. The van der Waals surface area contributed by atoms with Crippen molar-refractivity contribution >= 4 is 53.7 Å². The Labute approximate surface area is 405 Å². The third-order valence-corrected chi connectivity index (χ3v) is 11.5. The van der Waals surface area contributed by atoms with Crippen molar-refractivity contribution in [2.24, 2.45) is 11.3 Å². The average Bonchev–Trinajstić information content (AvgIpc) is 3.37. The van der Waals surface area contributed by atoms with Crippen LogP contribution in [0.15, 0.2) is 42.5 Å². The van der Waals surface area contributed by atoms with Crippen LogP contribution in [0, 0.1) is 17.2 Å². The molecule has 2 aromatic carbocycles. The first-order valence-electron chi connectivity index (χ1n) is 22.8. The second-order valence-electron chi connectivity index (χ2n) is 16.8. The summed E-state index contributed by atoms with van der Waals surface area (Å²) in [7, 11) is 3.86. The first-order valence-corrected chi connectivity index (χ1v) is 22.8. The number of methoxy groups -OCH3 is 4. The molecule has 0 saturated heterocycles. The van der Waals surface area contributed by atoms with Crippen LogP contribution >= 0.6 is 0 Å². The minimum atomic E-state index is -1.91. The van der Waals surface area contributed by atoms with E-state index in [9.17, 15) is 43.2 Å². The van der Waals surface area contributed by atoms with Crippen LogP contribution in [0.2, 0.25) is 0 Å². The summed E-state index contributed by atoms with van der Waals surface area (Å²) in [5.74, 6) is -11.3. The summed E-state index contributed by atoms with van der Waals surface area (Å²) in [4.78, 5) is 110. The number of hydrogen-bond acceptors (Lipinski definition) is 19. The van der Waals surface area contributed by atoms with Crippen LogP contribution in [0.25, 0.3) is 11.1 Å². The molecule has 0 unspecified atom stereocenters. The molecule has 0 aliphatic heterocycles. The predicted octanol–water partition coefficient (Wildman–Crippen LogP) is 5.56. The van der Waals surface area contributed by atoms with Gasteiger partial charge in [-0.1, -0.05) is 51.3 Å². The number of carbonyl (C=O) groups excluding carboxylic acids is 9. The number of ether oxygens (including phenoxy) is 10. The van der Waals surface area contributed by atoms with E-state index in [0.29, 0.717) is 22.6 Å². The lowest BCUT2D eigenvalue weighted by Crippen LogP contribution is -2.45. The molecular weight excluding hydrogens is 924 g/mol. The highest BCUT2D eigenvalue weighted by molar-refractivity contribution is 6.30. The Kier molecular flexibility index (Phi) is 24.0. The van der Waals surface area contributed by atoms with Crippen LogP contribution in [0.3, 0.4) is 0 Å². The first-order chi connectivity index (χ1) is 33.4. The van der Waals surface area contributed by atoms with Gasteiger partial charge in [-0.05, 0) is 111 Å². The Bertz CT molecular complexity index is 2100. The third kappa shape index (κ3) is 17.9. The summed E-state index contributed by atoms with van der Waals surface area (Å²) in [6.45, 7) is 3.36. The van der Waals surface area contributed by atoms with Gasteiger partial charge < -0.3 is 47.4 Å². The molecule has 2 aromatic rings. The fourth-order valence-corrected chi connectivity index (χ4v) is 7.63. The normalized spacial score (nSPS) is 14.2. The van der Waals surface area contributed by atoms with Gasteiger partial charge in [0.15, 0.2) is 0 Å². The van der Waals surface area contributed by atoms with E-state index in [1.165, 1.54) is 32.3 Å². The van der Waals surface area contributed by atoms with Crippen LogP contribution in [0.5, 0.6) is 5.75 Å². The summed E-state index contributed by atoms with van der Waals surface area (Å²) in [6, 6.07) is 8.36. The maximum absolute atomic E-state index is 16.5. The zero-order valence-corrected chi connectivity index (χ0v) is 40.6. The standard InChI is InChI=1S/C50H63FO19/c1-8-9-10-13-32-16-18-33(19-17-32)34-20-21-38(39(51)26-34)37-24-35(14-11-22-65-46(57)42(53)61-4)40(36(25-37)15-12-23-66-47(58)43(54)62-5)67-27-50(28-68-41(52)31(2)3,29-69-48(59)44(55)63-6)30-70-49(60)45(56)64-7/h20-21,24-26,32-33H,2,8-19,22-23,27-30H2,1,3-7H3. The van der Waals surface area contributed by atoms with E-state index < -0.39 is 91.4 Å². The van der Waals surface area contributed by atoms with Crippen LogP contribution < -0.4 is 4.74 Å². The smallest absolute Gasteiger partial charge is 0.417 e. The molecular formula is C50H63FO19. The van der Waals surface area contributed by atoms with Gasteiger partial charge >= 0.3 is 53.7 Å². The Morgan fingerprint density at radius 2 is 1.04 bits per heavy atom. The van der Waals surface area contributed by atoms with Crippen LogP contribution in [-0.2, 0) is 98.6 Å². The van der Waals surface area contributed by atoms with E-state index in [0.717, 1.165) is 66.1 Å². The van der Waals surface area contributed by atoms with Gasteiger partial charge in [0.1, 0.15) is 43.4 Å². The topological polar surface area (TPSA) is 246 Å². The molecule has 3 rings (SSSR count). The van der Waals surface area contributed by atoms with Crippen molar-refractivity contribution in [3.8, 4) is 16.9 Å². The predicted molar refractivity (Wildman–Crippen MR) is 243 cm³/mol. The summed E-state index contributed by atoms with van der Waals surface area (Å²) in [5, 5.41) is 0. The van der Waals surface area contributed by atoms with Crippen molar-refractivity contribution in [2.75, 3.05) is 68.1 Å². The summed E-state index contributed by atoms with van der Waals surface area (Å²) in [5.41, 5.74) is 0.199. The molecule has 0 aromatic heterocycles. The van der Waals surface area contributed by atoms with E-state index in [1.54, 1.807) is 18.2 Å². The number of unbranched alkanes of at least 4 members (excludes halogenated alkanes) is 2. The molecule has 70 heavy (non-hydrogen) atoms. The number of hydrogen-bond donors (Lipinski definition) is 0.